The van der Waals surface area contributed by atoms with E-state index < -0.39 is 16.6 Å². The summed E-state index contributed by atoms with van der Waals surface area (Å²) in [6.45, 7) is 0. The van der Waals surface area contributed by atoms with E-state index in [4.69, 9.17) is 0 Å². The van der Waals surface area contributed by atoms with Gasteiger partial charge in [0.25, 0.3) is 5.95 Å². The predicted octanol–water partition coefficient (Wildman–Crippen LogP) is 1.25. The first-order valence-corrected chi connectivity index (χ1v) is 4.08. The van der Waals surface area contributed by atoms with Crippen LogP contribution in [-0.4, -0.2) is 21.1 Å². The molecule has 0 amide bonds. The van der Waals surface area contributed by atoms with E-state index in [9.17, 15) is 14.5 Å². The van der Waals surface area contributed by atoms with Gasteiger partial charge in [-0.3, -0.25) is 10.1 Å². The fourth-order valence-corrected chi connectivity index (χ4v) is 0.890. The number of hydrogen-bond donors (Lipinski definition) is 0. The first kappa shape index (κ1) is 8.85. The molecule has 0 aromatic carbocycles. The summed E-state index contributed by atoms with van der Waals surface area (Å²) in [6.07, 6.45) is 2.51. The molecule has 0 aliphatic carbocycles. The van der Waals surface area contributed by atoms with Crippen molar-refractivity contribution in [3.8, 4) is 0 Å². The Labute approximate surface area is 71.2 Å². The van der Waals surface area contributed by atoms with Crippen LogP contribution >= 0.6 is 11.8 Å². The minimum absolute atomic E-state index is 0.179. The van der Waals surface area contributed by atoms with Crippen molar-refractivity contribution >= 4 is 17.4 Å². The minimum atomic E-state index is -1.10. The van der Waals surface area contributed by atoms with Crippen LogP contribution in [0.1, 0.15) is 0 Å². The van der Waals surface area contributed by atoms with Gasteiger partial charge in [-0.1, -0.05) is 11.8 Å². The van der Waals surface area contributed by atoms with Gasteiger partial charge in [-0.15, -0.1) is 0 Å². The molecular weight excluding hydrogens is 185 g/mol. The van der Waals surface area contributed by atoms with Gasteiger partial charge in [0, 0.05) is 0 Å². The molecule has 0 radical (unpaired) electrons. The predicted molar refractivity (Wildman–Crippen MR) is 40.4 cm³/mol. The standard InChI is InChI=1S/C5H4FN3O2S/c1-12-5-7-2-3(9(10)11)4(6)8-5/h2H,1H3. The zero-order valence-corrected chi connectivity index (χ0v) is 6.84. The fourth-order valence-electron chi connectivity index (χ4n) is 0.561. The quantitative estimate of drug-likeness (QED) is 0.230. The van der Waals surface area contributed by atoms with Crippen LogP contribution in [0.15, 0.2) is 11.4 Å². The van der Waals surface area contributed by atoms with Gasteiger partial charge in [-0.2, -0.15) is 9.37 Å². The number of rotatable bonds is 2. The summed E-state index contributed by atoms with van der Waals surface area (Å²) in [5, 5.41) is 10.3. The highest BCUT2D eigenvalue weighted by molar-refractivity contribution is 7.98. The molecule has 7 heteroatoms. The molecule has 0 fully saturated rings. The Morgan fingerprint density at radius 2 is 2.42 bits per heavy atom. The maximum Gasteiger partial charge on any atom is 0.342 e. The third kappa shape index (κ3) is 1.67. The molecule has 1 rings (SSSR count). The Bertz CT molecular complexity index is 320. The molecule has 1 aromatic rings. The fraction of sp³-hybridized carbons (Fsp3) is 0.200. The van der Waals surface area contributed by atoms with Crippen LogP contribution in [0.3, 0.4) is 0 Å². The van der Waals surface area contributed by atoms with Crippen molar-refractivity contribution in [2.75, 3.05) is 6.26 Å². The van der Waals surface area contributed by atoms with Gasteiger partial charge < -0.3 is 0 Å². The van der Waals surface area contributed by atoms with Gasteiger partial charge in [0.05, 0.1) is 4.92 Å². The molecule has 0 bridgehead atoms. The molecule has 0 aliphatic heterocycles. The lowest BCUT2D eigenvalue weighted by atomic mass is 10.5. The van der Waals surface area contributed by atoms with Gasteiger partial charge in [-0.25, -0.2) is 4.98 Å². The average molecular weight is 189 g/mol. The third-order valence-electron chi connectivity index (χ3n) is 1.08. The van der Waals surface area contributed by atoms with E-state index in [-0.39, 0.29) is 5.16 Å². The van der Waals surface area contributed by atoms with Crippen molar-refractivity contribution in [3.05, 3.63) is 22.3 Å². The lowest BCUT2D eigenvalue weighted by Crippen LogP contribution is -1.98. The summed E-state index contributed by atoms with van der Waals surface area (Å²) in [5.74, 6) is -1.10. The topological polar surface area (TPSA) is 68.9 Å². The summed E-state index contributed by atoms with van der Waals surface area (Å²) in [4.78, 5) is 16.0. The number of nitrogens with zero attached hydrogens (tertiary/aromatic N) is 3. The second kappa shape index (κ2) is 3.44. The molecule has 5 nitrogen and oxygen atoms in total. The summed E-state index contributed by atoms with van der Waals surface area (Å²) < 4.78 is 12.7. The Morgan fingerprint density at radius 3 is 2.83 bits per heavy atom. The molecule has 0 N–H and O–H groups in total. The zero-order chi connectivity index (χ0) is 9.14. The first-order chi connectivity index (χ1) is 5.65. The Balaban J connectivity index is 3.12. The van der Waals surface area contributed by atoms with Crippen molar-refractivity contribution in [2.24, 2.45) is 0 Å². The van der Waals surface area contributed by atoms with Gasteiger partial charge in [-0.05, 0) is 6.26 Å². The zero-order valence-electron chi connectivity index (χ0n) is 6.02. The molecule has 0 spiro atoms. The van der Waals surface area contributed by atoms with Crippen LogP contribution in [0.4, 0.5) is 10.1 Å². The summed E-state index contributed by atoms with van der Waals surface area (Å²) in [6, 6.07) is 0. The van der Waals surface area contributed by atoms with Gasteiger partial charge in [0.15, 0.2) is 5.16 Å². The van der Waals surface area contributed by atoms with Crippen LogP contribution in [0, 0.1) is 16.1 Å². The SMILES string of the molecule is CSc1ncc([N+](=O)[O-])c(F)n1. The van der Waals surface area contributed by atoms with E-state index in [2.05, 4.69) is 9.97 Å². The number of thioether (sulfide) groups is 1. The highest BCUT2D eigenvalue weighted by Crippen LogP contribution is 2.16. The molecule has 64 valence electrons. The largest absolute Gasteiger partial charge is 0.342 e. The Hall–Kier alpha value is -1.24. The molecular formula is C5H4FN3O2S. The second-order valence-corrected chi connectivity index (χ2v) is 2.56. The normalized spacial score (nSPS) is 9.83. The lowest BCUT2D eigenvalue weighted by Gasteiger charge is -1.94. The van der Waals surface area contributed by atoms with Crippen molar-refractivity contribution in [2.45, 2.75) is 5.16 Å². The summed E-state index contributed by atoms with van der Waals surface area (Å²) in [5.41, 5.74) is -0.701. The van der Waals surface area contributed by atoms with Crippen LogP contribution in [-0.2, 0) is 0 Å². The molecule has 0 aliphatic rings. The lowest BCUT2D eigenvalue weighted by molar-refractivity contribution is -0.388. The Morgan fingerprint density at radius 1 is 1.75 bits per heavy atom. The van der Waals surface area contributed by atoms with Crippen molar-refractivity contribution in [3.63, 3.8) is 0 Å². The number of aromatic nitrogens is 2. The first-order valence-electron chi connectivity index (χ1n) is 2.86. The summed E-state index contributed by atoms with van der Waals surface area (Å²) >= 11 is 1.12. The van der Waals surface area contributed by atoms with Crippen LogP contribution in [0.25, 0.3) is 0 Å². The van der Waals surface area contributed by atoms with E-state index >= 15 is 0 Å². The highest BCUT2D eigenvalue weighted by Gasteiger charge is 2.16. The van der Waals surface area contributed by atoms with E-state index in [0.717, 1.165) is 18.0 Å². The maximum atomic E-state index is 12.7. The molecule has 0 saturated heterocycles. The van der Waals surface area contributed by atoms with E-state index in [1.807, 2.05) is 0 Å². The summed E-state index contributed by atoms with van der Waals surface area (Å²) in [7, 11) is 0. The monoisotopic (exact) mass is 189 g/mol. The van der Waals surface area contributed by atoms with Crippen LogP contribution < -0.4 is 0 Å². The smallest absolute Gasteiger partial charge is 0.258 e. The molecule has 1 aromatic heterocycles. The second-order valence-electron chi connectivity index (χ2n) is 1.79. The van der Waals surface area contributed by atoms with Crippen molar-refractivity contribution in [1.29, 1.82) is 0 Å². The van der Waals surface area contributed by atoms with E-state index in [0.29, 0.717) is 0 Å². The van der Waals surface area contributed by atoms with Crippen LogP contribution in [0.2, 0.25) is 0 Å². The third-order valence-corrected chi connectivity index (χ3v) is 1.64. The van der Waals surface area contributed by atoms with Crippen molar-refractivity contribution in [1.82, 2.24) is 9.97 Å². The molecule has 12 heavy (non-hydrogen) atoms. The van der Waals surface area contributed by atoms with E-state index in [1.54, 1.807) is 6.26 Å². The highest BCUT2D eigenvalue weighted by atomic mass is 32.2. The number of halogens is 1. The maximum absolute atomic E-state index is 12.7. The average Bonchev–Trinajstić information content (AvgIpc) is 2.03. The number of hydrogen-bond acceptors (Lipinski definition) is 5. The van der Waals surface area contributed by atoms with Crippen LogP contribution in [0.5, 0.6) is 0 Å². The van der Waals surface area contributed by atoms with Gasteiger partial charge in [0.1, 0.15) is 6.20 Å². The Kier molecular flexibility index (Phi) is 2.54. The molecule has 0 atom stereocenters. The molecule has 0 unspecified atom stereocenters. The van der Waals surface area contributed by atoms with Crippen molar-refractivity contribution < 1.29 is 9.31 Å². The molecule has 0 saturated carbocycles. The number of nitro groups is 1. The van der Waals surface area contributed by atoms with Gasteiger partial charge in [0.2, 0.25) is 0 Å². The van der Waals surface area contributed by atoms with Gasteiger partial charge >= 0.3 is 5.69 Å². The molecule has 1 heterocycles. The van der Waals surface area contributed by atoms with E-state index in [1.165, 1.54) is 0 Å². The minimum Gasteiger partial charge on any atom is -0.258 e.